The number of carbonyl (C=O) groups is 1. The van der Waals surface area contributed by atoms with E-state index >= 15 is 0 Å². The summed E-state index contributed by atoms with van der Waals surface area (Å²) in [7, 11) is 0. The maximum atomic E-state index is 11.9. The standard InChI is InChI=1S/C16H15NO5S/c1-3-21-16(18)14-10-12(6-9-15(14)17(19)20)22-11-4-7-13(23-2)8-5-11/h4-10H,3H2,1-2H3. The van der Waals surface area contributed by atoms with Crippen LogP contribution in [0.2, 0.25) is 0 Å². The van der Waals surface area contributed by atoms with Gasteiger partial charge in [-0.2, -0.15) is 0 Å². The lowest BCUT2D eigenvalue weighted by atomic mass is 10.1. The number of nitro groups is 1. The first-order valence-electron chi connectivity index (χ1n) is 6.82. The highest BCUT2D eigenvalue weighted by molar-refractivity contribution is 7.98. The first kappa shape index (κ1) is 16.8. The highest BCUT2D eigenvalue weighted by atomic mass is 32.2. The Kier molecular flexibility index (Phi) is 5.59. The van der Waals surface area contributed by atoms with Gasteiger partial charge in [-0.25, -0.2) is 4.79 Å². The molecule has 0 aliphatic heterocycles. The number of ether oxygens (including phenoxy) is 2. The van der Waals surface area contributed by atoms with Gasteiger partial charge in [0.1, 0.15) is 17.1 Å². The number of hydrogen-bond acceptors (Lipinski definition) is 6. The molecule has 7 heteroatoms. The molecule has 0 amide bonds. The van der Waals surface area contributed by atoms with E-state index in [1.807, 2.05) is 18.4 Å². The van der Waals surface area contributed by atoms with E-state index in [1.165, 1.54) is 18.2 Å². The lowest BCUT2D eigenvalue weighted by Gasteiger charge is -2.08. The summed E-state index contributed by atoms with van der Waals surface area (Å²) in [6, 6.07) is 11.4. The van der Waals surface area contributed by atoms with Crippen LogP contribution in [0, 0.1) is 10.1 Å². The van der Waals surface area contributed by atoms with Gasteiger partial charge in [-0.15, -0.1) is 11.8 Å². The molecule has 120 valence electrons. The molecule has 0 N–H and O–H groups in total. The predicted octanol–water partition coefficient (Wildman–Crippen LogP) is 4.29. The molecule has 0 aromatic heterocycles. The van der Waals surface area contributed by atoms with Crippen LogP contribution in [-0.2, 0) is 4.74 Å². The third-order valence-corrected chi connectivity index (χ3v) is 3.70. The van der Waals surface area contributed by atoms with E-state index < -0.39 is 10.9 Å². The monoisotopic (exact) mass is 333 g/mol. The molecular weight excluding hydrogens is 318 g/mol. The van der Waals surface area contributed by atoms with Crippen molar-refractivity contribution in [2.45, 2.75) is 11.8 Å². The molecule has 0 saturated carbocycles. The summed E-state index contributed by atoms with van der Waals surface area (Å²) in [6.07, 6.45) is 1.97. The number of nitrogens with zero attached hydrogens (tertiary/aromatic N) is 1. The van der Waals surface area contributed by atoms with Crippen LogP contribution in [0.1, 0.15) is 17.3 Å². The molecule has 0 aliphatic rings. The zero-order valence-corrected chi connectivity index (χ0v) is 13.5. The van der Waals surface area contributed by atoms with Crippen molar-refractivity contribution >= 4 is 23.4 Å². The van der Waals surface area contributed by atoms with E-state index in [4.69, 9.17) is 9.47 Å². The van der Waals surface area contributed by atoms with Crippen LogP contribution in [0.3, 0.4) is 0 Å². The zero-order chi connectivity index (χ0) is 16.8. The van der Waals surface area contributed by atoms with E-state index in [9.17, 15) is 14.9 Å². The quantitative estimate of drug-likeness (QED) is 0.340. The third-order valence-electron chi connectivity index (χ3n) is 2.96. The fourth-order valence-electron chi connectivity index (χ4n) is 1.89. The molecule has 2 aromatic carbocycles. The first-order chi connectivity index (χ1) is 11.0. The average Bonchev–Trinajstić information content (AvgIpc) is 2.55. The smallest absolute Gasteiger partial charge is 0.345 e. The topological polar surface area (TPSA) is 78.7 Å². The minimum Gasteiger partial charge on any atom is -0.462 e. The van der Waals surface area contributed by atoms with Crippen LogP contribution < -0.4 is 4.74 Å². The minimum atomic E-state index is -0.748. The van der Waals surface area contributed by atoms with Crippen molar-refractivity contribution in [3.63, 3.8) is 0 Å². The van der Waals surface area contributed by atoms with Gasteiger partial charge in [-0.3, -0.25) is 10.1 Å². The van der Waals surface area contributed by atoms with Crippen molar-refractivity contribution < 1.29 is 19.2 Å². The van der Waals surface area contributed by atoms with Crippen molar-refractivity contribution in [1.29, 1.82) is 0 Å². The number of nitro benzene ring substituents is 1. The van der Waals surface area contributed by atoms with Crippen molar-refractivity contribution in [3.8, 4) is 11.5 Å². The molecule has 23 heavy (non-hydrogen) atoms. The van der Waals surface area contributed by atoms with E-state index in [-0.39, 0.29) is 17.9 Å². The van der Waals surface area contributed by atoms with Gasteiger partial charge in [-0.1, -0.05) is 0 Å². The molecule has 0 radical (unpaired) electrons. The number of esters is 1. The van der Waals surface area contributed by atoms with Crippen LogP contribution in [0.5, 0.6) is 11.5 Å². The lowest BCUT2D eigenvalue weighted by Crippen LogP contribution is -2.08. The Bertz CT molecular complexity index is 715. The van der Waals surface area contributed by atoms with E-state index in [1.54, 1.807) is 30.8 Å². The van der Waals surface area contributed by atoms with Crippen molar-refractivity contribution in [2.75, 3.05) is 12.9 Å². The Hall–Kier alpha value is -2.54. The van der Waals surface area contributed by atoms with Crippen LogP contribution in [0.4, 0.5) is 5.69 Å². The van der Waals surface area contributed by atoms with Crippen molar-refractivity contribution in [3.05, 3.63) is 58.1 Å². The zero-order valence-electron chi connectivity index (χ0n) is 12.6. The highest BCUT2D eigenvalue weighted by Crippen LogP contribution is 2.29. The molecule has 2 aromatic rings. The number of rotatable bonds is 6. The van der Waals surface area contributed by atoms with Gasteiger partial charge >= 0.3 is 5.97 Å². The van der Waals surface area contributed by atoms with E-state index in [2.05, 4.69) is 0 Å². The third kappa shape index (κ3) is 4.23. The molecule has 0 bridgehead atoms. The van der Waals surface area contributed by atoms with E-state index in [0.717, 1.165) is 4.90 Å². The molecule has 0 atom stereocenters. The molecule has 0 spiro atoms. The molecule has 0 fully saturated rings. The van der Waals surface area contributed by atoms with Crippen LogP contribution in [0.15, 0.2) is 47.4 Å². The molecule has 0 unspecified atom stereocenters. The van der Waals surface area contributed by atoms with Gasteiger partial charge < -0.3 is 9.47 Å². The van der Waals surface area contributed by atoms with Gasteiger partial charge in [0.05, 0.1) is 11.5 Å². The van der Waals surface area contributed by atoms with Crippen molar-refractivity contribution in [2.24, 2.45) is 0 Å². The fraction of sp³-hybridized carbons (Fsp3) is 0.188. The molecule has 0 saturated heterocycles. The number of thioether (sulfide) groups is 1. The van der Waals surface area contributed by atoms with Crippen LogP contribution in [0.25, 0.3) is 0 Å². The van der Waals surface area contributed by atoms with E-state index in [0.29, 0.717) is 11.5 Å². The second kappa shape index (κ2) is 7.64. The largest absolute Gasteiger partial charge is 0.462 e. The number of benzene rings is 2. The van der Waals surface area contributed by atoms with Crippen LogP contribution >= 0.6 is 11.8 Å². The Morgan fingerprint density at radius 1 is 1.17 bits per heavy atom. The van der Waals surface area contributed by atoms with Gasteiger partial charge in [0.25, 0.3) is 5.69 Å². The van der Waals surface area contributed by atoms with Gasteiger partial charge in [-0.05, 0) is 43.5 Å². The minimum absolute atomic E-state index is 0.130. The number of carbonyl (C=O) groups excluding carboxylic acids is 1. The predicted molar refractivity (Wildman–Crippen MR) is 87.3 cm³/mol. The Balaban J connectivity index is 2.30. The summed E-state index contributed by atoms with van der Waals surface area (Å²) in [4.78, 5) is 23.4. The normalized spacial score (nSPS) is 10.2. The Labute approximate surface area is 137 Å². The summed E-state index contributed by atoms with van der Waals surface area (Å²) in [6.45, 7) is 1.77. The second-order valence-corrected chi connectivity index (χ2v) is 5.31. The van der Waals surface area contributed by atoms with Gasteiger partial charge in [0.15, 0.2) is 0 Å². The fourth-order valence-corrected chi connectivity index (χ4v) is 2.30. The second-order valence-electron chi connectivity index (χ2n) is 4.43. The summed E-state index contributed by atoms with van der Waals surface area (Å²) >= 11 is 1.61. The molecular formula is C16H15NO5S. The van der Waals surface area contributed by atoms with Gasteiger partial charge in [0.2, 0.25) is 0 Å². The Morgan fingerprint density at radius 2 is 1.83 bits per heavy atom. The maximum absolute atomic E-state index is 11.9. The number of hydrogen-bond donors (Lipinski definition) is 0. The Morgan fingerprint density at radius 3 is 2.39 bits per heavy atom. The SMILES string of the molecule is CCOC(=O)c1cc(Oc2ccc(SC)cc2)ccc1[N+](=O)[O-]. The maximum Gasteiger partial charge on any atom is 0.345 e. The van der Waals surface area contributed by atoms with Crippen molar-refractivity contribution in [1.82, 2.24) is 0 Å². The summed E-state index contributed by atoms with van der Waals surface area (Å²) < 4.78 is 10.5. The summed E-state index contributed by atoms with van der Waals surface area (Å²) in [5.41, 5.74) is -0.441. The molecule has 6 nitrogen and oxygen atoms in total. The molecule has 0 heterocycles. The van der Waals surface area contributed by atoms with Crippen LogP contribution in [-0.4, -0.2) is 23.8 Å². The summed E-state index contributed by atoms with van der Waals surface area (Å²) in [5, 5.41) is 11.0. The molecule has 2 rings (SSSR count). The average molecular weight is 333 g/mol. The molecule has 0 aliphatic carbocycles. The lowest BCUT2D eigenvalue weighted by molar-refractivity contribution is -0.385. The summed E-state index contributed by atoms with van der Waals surface area (Å²) in [5.74, 6) is 0.157. The first-order valence-corrected chi connectivity index (χ1v) is 8.05. The van der Waals surface area contributed by atoms with Gasteiger partial charge in [0, 0.05) is 17.0 Å². The highest BCUT2D eigenvalue weighted by Gasteiger charge is 2.22.